The highest BCUT2D eigenvalue weighted by Gasteiger charge is 2.33. The Morgan fingerprint density at radius 3 is 2.87 bits per heavy atom. The molecule has 2 aromatic rings. The lowest BCUT2D eigenvalue weighted by molar-refractivity contribution is -0.126. The summed E-state index contributed by atoms with van der Waals surface area (Å²) in [5.41, 5.74) is 0.276. The van der Waals surface area contributed by atoms with E-state index in [0.717, 1.165) is 11.3 Å². The third kappa shape index (κ3) is 3.12. The maximum atomic E-state index is 12.1. The Morgan fingerprint density at radius 2 is 2.13 bits per heavy atom. The third-order valence-corrected chi connectivity index (χ3v) is 3.98. The summed E-state index contributed by atoms with van der Waals surface area (Å²) in [4.78, 5) is 24.1. The van der Waals surface area contributed by atoms with Crippen molar-refractivity contribution in [2.75, 3.05) is 11.9 Å². The molecule has 0 saturated heterocycles. The zero-order chi connectivity index (χ0) is 16.4. The molecule has 0 saturated carbocycles. The lowest BCUT2D eigenvalue weighted by Gasteiger charge is -2.21. The van der Waals surface area contributed by atoms with Gasteiger partial charge in [0.2, 0.25) is 11.8 Å². The van der Waals surface area contributed by atoms with Crippen LogP contribution in [0, 0.1) is 0 Å². The average Bonchev–Trinajstić information content (AvgIpc) is 3.15. The second-order valence-corrected chi connectivity index (χ2v) is 5.86. The quantitative estimate of drug-likeness (QED) is 0.784. The van der Waals surface area contributed by atoms with Gasteiger partial charge >= 0.3 is 0 Å². The summed E-state index contributed by atoms with van der Waals surface area (Å²) < 4.78 is 5.16. The maximum Gasteiger partial charge on any atom is 0.232 e. The molecule has 2 atom stereocenters. The maximum absolute atomic E-state index is 12.1. The molecule has 3 rings (SSSR count). The monoisotopic (exact) mass is 314 g/mol. The zero-order valence-electron chi connectivity index (χ0n) is 12.7. The highest BCUT2D eigenvalue weighted by molar-refractivity contribution is 6.04. The van der Waals surface area contributed by atoms with Crippen LogP contribution in [0.1, 0.15) is 30.6 Å². The van der Waals surface area contributed by atoms with Gasteiger partial charge in [0.15, 0.2) is 0 Å². The normalized spacial score (nSPS) is 18.9. The van der Waals surface area contributed by atoms with Crippen molar-refractivity contribution in [1.82, 2.24) is 5.32 Å². The predicted octanol–water partition coefficient (Wildman–Crippen LogP) is 1.73. The summed E-state index contributed by atoms with van der Waals surface area (Å²) in [7, 11) is 0. The Bertz CT molecular complexity index is 722. The summed E-state index contributed by atoms with van der Waals surface area (Å²) in [6, 6.07) is 10.6. The van der Waals surface area contributed by atoms with Crippen molar-refractivity contribution in [3.05, 3.63) is 54.0 Å². The number of carbonyl (C=O) groups is 2. The van der Waals surface area contributed by atoms with Crippen LogP contribution in [0.2, 0.25) is 0 Å². The first kappa shape index (κ1) is 15.3. The molecular weight excluding hydrogens is 296 g/mol. The Labute approximate surface area is 133 Å². The number of anilines is 1. The highest BCUT2D eigenvalue weighted by atomic mass is 16.4. The van der Waals surface area contributed by atoms with E-state index in [1.54, 1.807) is 19.1 Å². The fourth-order valence-electron chi connectivity index (χ4n) is 2.68. The van der Waals surface area contributed by atoms with Gasteiger partial charge in [0, 0.05) is 12.1 Å². The smallest absolute Gasteiger partial charge is 0.232 e. The number of furan rings is 1. The summed E-state index contributed by atoms with van der Waals surface area (Å²) in [6.45, 7) is 1.57. The fraction of sp³-hybridized carbons (Fsp3) is 0.294. The zero-order valence-corrected chi connectivity index (χ0v) is 12.7. The number of rotatable bonds is 5. The van der Waals surface area contributed by atoms with Crippen LogP contribution >= 0.6 is 0 Å². The van der Waals surface area contributed by atoms with Gasteiger partial charge in [0.25, 0.3) is 0 Å². The van der Waals surface area contributed by atoms with Crippen molar-refractivity contribution in [3.63, 3.8) is 0 Å². The molecule has 6 heteroatoms. The minimum Gasteiger partial charge on any atom is -0.466 e. The largest absolute Gasteiger partial charge is 0.466 e. The van der Waals surface area contributed by atoms with E-state index in [9.17, 15) is 14.7 Å². The van der Waals surface area contributed by atoms with E-state index in [-0.39, 0.29) is 24.8 Å². The van der Waals surface area contributed by atoms with Gasteiger partial charge in [0.05, 0.1) is 18.7 Å². The SMILES string of the molecule is CC(O)(CNC(=O)CC1C(=O)Nc2ccccc21)c1ccco1. The van der Waals surface area contributed by atoms with Gasteiger partial charge < -0.3 is 20.2 Å². The molecule has 3 N–H and O–H groups in total. The molecule has 1 aliphatic rings. The Morgan fingerprint density at radius 1 is 1.35 bits per heavy atom. The molecule has 2 unspecified atom stereocenters. The average molecular weight is 314 g/mol. The van der Waals surface area contributed by atoms with Crippen molar-refractivity contribution in [1.29, 1.82) is 0 Å². The van der Waals surface area contributed by atoms with E-state index in [1.165, 1.54) is 6.26 Å². The van der Waals surface area contributed by atoms with E-state index >= 15 is 0 Å². The molecule has 0 aliphatic carbocycles. The molecule has 2 heterocycles. The molecule has 23 heavy (non-hydrogen) atoms. The lowest BCUT2D eigenvalue weighted by Crippen LogP contribution is -2.39. The fourth-order valence-corrected chi connectivity index (χ4v) is 2.68. The van der Waals surface area contributed by atoms with Gasteiger partial charge in [-0.25, -0.2) is 0 Å². The molecular formula is C17H18N2O4. The number of carbonyl (C=O) groups excluding carboxylic acids is 2. The van der Waals surface area contributed by atoms with Crippen molar-refractivity contribution in [3.8, 4) is 0 Å². The van der Waals surface area contributed by atoms with Crippen LogP contribution in [-0.2, 0) is 15.2 Å². The van der Waals surface area contributed by atoms with Crippen LogP contribution in [-0.4, -0.2) is 23.5 Å². The van der Waals surface area contributed by atoms with Crippen LogP contribution in [0.5, 0.6) is 0 Å². The van der Waals surface area contributed by atoms with Crippen molar-refractivity contribution in [2.45, 2.75) is 24.9 Å². The lowest BCUT2D eigenvalue weighted by atomic mass is 9.96. The van der Waals surface area contributed by atoms with Gasteiger partial charge in [-0.2, -0.15) is 0 Å². The number of nitrogens with one attached hydrogen (secondary N) is 2. The minimum atomic E-state index is -1.30. The first-order chi connectivity index (χ1) is 11.0. The predicted molar refractivity (Wildman–Crippen MR) is 83.7 cm³/mol. The standard InChI is InChI=1S/C17H18N2O4/c1-17(22,14-7-4-8-23-14)10-18-15(20)9-12-11-5-2-3-6-13(11)19-16(12)21/h2-8,12,22H,9-10H2,1H3,(H,18,20)(H,19,21). The number of aliphatic hydroxyl groups is 1. The molecule has 0 fully saturated rings. The van der Waals surface area contributed by atoms with Crippen LogP contribution in [0.25, 0.3) is 0 Å². The Hall–Kier alpha value is -2.60. The third-order valence-electron chi connectivity index (χ3n) is 3.98. The number of hydrogen-bond donors (Lipinski definition) is 3. The molecule has 6 nitrogen and oxygen atoms in total. The molecule has 0 radical (unpaired) electrons. The van der Waals surface area contributed by atoms with E-state index in [0.29, 0.717) is 5.76 Å². The molecule has 1 aliphatic heterocycles. The van der Waals surface area contributed by atoms with Crippen LogP contribution in [0.3, 0.4) is 0 Å². The van der Waals surface area contributed by atoms with Gasteiger partial charge in [0.1, 0.15) is 11.4 Å². The molecule has 0 bridgehead atoms. The number of para-hydroxylation sites is 1. The number of hydrogen-bond acceptors (Lipinski definition) is 4. The molecule has 120 valence electrons. The first-order valence-corrected chi connectivity index (χ1v) is 7.40. The van der Waals surface area contributed by atoms with Crippen molar-refractivity contribution >= 4 is 17.5 Å². The molecule has 2 amide bonds. The minimum absolute atomic E-state index is 0.00926. The van der Waals surface area contributed by atoms with Crippen molar-refractivity contribution < 1.29 is 19.1 Å². The van der Waals surface area contributed by atoms with Gasteiger partial charge in [-0.15, -0.1) is 0 Å². The first-order valence-electron chi connectivity index (χ1n) is 7.40. The summed E-state index contributed by atoms with van der Waals surface area (Å²) in [6.07, 6.45) is 1.50. The topological polar surface area (TPSA) is 91.6 Å². The van der Waals surface area contributed by atoms with Crippen molar-refractivity contribution in [2.24, 2.45) is 0 Å². The number of fused-ring (bicyclic) bond motifs is 1. The van der Waals surface area contributed by atoms with Crippen LogP contribution < -0.4 is 10.6 Å². The van der Waals surface area contributed by atoms with E-state index in [4.69, 9.17) is 4.42 Å². The highest BCUT2D eigenvalue weighted by Crippen LogP contribution is 2.34. The van der Waals surface area contributed by atoms with Gasteiger partial charge in [-0.3, -0.25) is 9.59 Å². The number of benzene rings is 1. The Balaban J connectivity index is 1.61. The number of amides is 2. The summed E-state index contributed by atoms with van der Waals surface area (Å²) >= 11 is 0. The molecule has 1 aromatic heterocycles. The van der Waals surface area contributed by atoms with Gasteiger partial charge in [-0.05, 0) is 30.7 Å². The van der Waals surface area contributed by atoms with Crippen LogP contribution in [0.15, 0.2) is 47.1 Å². The summed E-state index contributed by atoms with van der Waals surface area (Å²) in [5, 5.41) is 15.7. The van der Waals surface area contributed by atoms with E-state index in [1.807, 2.05) is 24.3 Å². The van der Waals surface area contributed by atoms with Crippen LogP contribution in [0.4, 0.5) is 5.69 Å². The van der Waals surface area contributed by atoms with E-state index < -0.39 is 11.5 Å². The second kappa shape index (κ2) is 5.89. The van der Waals surface area contributed by atoms with E-state index in [2.05, 4.69) is 10.6 Å². The Kier molecular flexibility index (Phi) is 3.92. The molecule has 1 aromatic carbocycles. The molecule has 0 spiro atoms. The summed E-state index contributed by atoms with van der Waals surface area (Å²) in [5.74, 6) is -0.602. The van der Waals surface area contributed by atoms with Gasteiger partial charge in [-0.1, -0.05) is 18.2 Å². The second-order valence-electron chi connectivity index (χ2n) is 5.86.